The molecule has 140 valence electrons. The fraction of sp³-hybridized carbons (Fsp3) is 0.350. The summed E-state index contributed by atoms with van der Waals surface area (Å²) in [6.07, 6.45) is 0. The Morgan fingerprint density at radius 3 is 2.74 bits per heavy atom. The van der Waals surface area contributed by atoms with Crippen molar-refractivity contribution in [3.63, 3.8) is 0 Å². The summed E-state index contributed by atoms with van der Waals surface area (Å²) in [5, 5.41) is 20.9. The number of aromatic amines is 1. The summed E-state index contributed by atoms with van der Waals surface area (Å²) in [5.41, 5.74) is 3.45. The average Bonchev–Trinajstić information content (AvgIpc) is 3.04. The van der Waals surface area contributed by atoms with E-state index in [0.29, 0.717) is 23.4 Å². The zero-order valence-corrected chi connectivity index (χ0v) is 15.7. The van der Waals surface area contributed by atoms with Gasteiger partial charge in [-0.25, -0.2) is 4.98 Å². The molecule has 1 aliphatic heterocycles. The van der Waals surface area contributed by atoms with Crippen molar-refractivity contribution in [2.24, 2.45) is 0 Å². The van der Waals surface area contributed by atoms with Gasteiger partial charge in [0.05, 0.1) is 16.6 Å². The summed E-state index contributed by atoms with van der Waals surface area (Å²) in [4.78, 5) is 20.0. The average molecular weight is 365 g/mol. The second kappa shape index (κ2) is 6.66. The van der Waals surface area contributed by atoms with Crippen LogP contribution in [0, 0.1) is 6.92 Å². The predicted molar refractivity (Wildman–Crippen MR) is 104 cm³/mol. The van der Waals surface area contributed by atoms with E-state index >= 15 is 0 Å². The summed E-state index contributed by atoms with van der Waals surface area (Å²) >= 11 is 0. The molecule has 0 saturated carbocycles. The van der Waals surface area contributed by atoms with Crippen molar-refractivity contribution in [2.75, 3.05) is 13.1 Å². The fourth-order valence-electron chi connectivity index (χ4n) is 3.58. The lowest BCUT2D eigenvalue weighted by molar-refractivity contribution is 0.0618. The SMILES string of the molecule is Cc1[nH]nc2nc(-c3ccc(O)cc3)cc(C(=O)N3C[C@@H](C)NC[C@@H]3C)c12. The van der Waals surface area contributed by atoms with E-state index in [2.05, 4.69) is 34.3 Å². The van der Waals surface area contributed by atoms with Gasteiger partial charge in [0.25, 0.3) is 5.91 Å². The molecule has 1 amide bonds. The van der Waals surface area contributed by atoms with Gasteiger partial charge < -0.3 is 15.3 Å². The van der Waals surface area contributed by atoms with E-state index in [1.807, 2.05) is 17.9 Å². The second-order valence-electron chi connectivity index (χ2n) is 7.26. The number of carbonyl (C=O) groups excluding carboxylic acids is 1. The first-order valence-corrected chi connectivity index (χ1v) is 9.13. The number of piperazine rings is 1. The normalized spacial score (nSPS) is 20.2. The van der Waals surface area contributed by atoms with Crippen LogP contribution in [-0.4, -0.2) is 56.3 Å². The predicted octanol–water partition coefficient (Wildman–Crippen LogP) is 2.46. The third kappa shape index (κ3) is 3.14. The van der Waals surface area contributed by atoms with E-state index in [4.69, 9.17) is 0 Å². The van der Waals surface area contributed by atoms with Crippen LogP contribution in [0.1, 0.15) is 29.9 Å². The second-order valence-corrected chi connectivity index (χ2v) is 7.26. The van der Waals surface area contributed by atoms with Crippen LogP contribution in [0.4, 0.5) is 0 Å². The number of H-pyrrole nitrogens is 1. The lowest BCUT2D eigenvalue weighted by Gasteiger charge is -2.37. The third-order valence-electron chi connectivity index (χ3n) is 5.12. The Morgan fingerprint density at radius 1 is 1.26 bits per heavy atom. The van der Waals surface area contributed by atoms with E-state index in [0.717, 1.165) is 23.2 Å². The zero-order chi connectivity index (χ0) is 19.1. The number of pyridine rings is 1. The van der Waals surface area contributed by atoms with Gasteiger partial charge in [0.2, 0.25) is 0 Å². The molecule has 0 bridgehead atoms. The number of rotatable bonds is 2. The highest BCUT2D eigenvalue weighted by molar-refractivity contribution is 6.07. The first kappa shape index (κ1) is 17.5. The van der Waals surface area contributed by atoms with Crippen molar-refractivity contribution in [1.29, 1.82) is 0 Å². The monoisotopic (exact) mass is 365 g/mol. The summed E-state index contributed by atoms with van der Waals surface area (Å²) in [6, 6.07) is 8.99. The van der Waals surface area contributed by atoms with Crippen LogP contribution in [0.5, 0.6) is 5.75 Å². The number of phenols is 1. The molecule has 1 aliphatic rings. The molecule has 2 atom stereocenters. The highest BCUT2D eigenvalue weighted by Crippen LogP contribution is 2.28. The molecule has 27 heavy (non-hydrogen) atoms. The molecule has 3 N–H and O–H groups in total. The molecule has 1 saturated heterocycles. The van der Waals surface area contributed by atoms with Crippen molar-refractivity contribution in [3.8, 4) is 17.0 Å². The Kier molecular flexibility index (Phi) is 4.31. The summed E-state index contributed by atoms with van der Waals surface area (Å²) in [7, 11) is 0. The lowest BCUT2D eigenvalue weighted by Crippen LogP contribution is -2.56. The molecule has 0 unspecified atom stereocenters. The van der Waals surface area contributed by atoms with Crippen LogP contribution in [0.2, 0.25) is 0 Å². The topological polar surface area (TPSA) is 94.1 Å². The molecule has 1 aromatic carbocycles. The maximum absolute atomic E-state index is 13.4. The number of aryl methyl sites for hydroxylation is 1. The third-order valence-corrected chi connectivity index (χ3v) is 5.12. The van der Waals surface area contributed by atoms with Gasteiger partial charge in [-0.15, -0.1) is 0 Å². The van der Waals surface area contributed by atoms with Crippen molar-refractivity contribution in [1.82, 2.24) is 25.4 Å². The van der Waals surface area contributed by atoms with E-state index < -0.39 is 0 Å². The lowest BCUT2D eigenvalue weighted by atomic mass is 10.0. The molecule has 4 rings (SSSR count). The van der Waals surface area contributed by atoms with Gasteiger partial charge >= 0.3 is 0 Å². The Labute approximate surface area is 157 Å². The molecule has 3 heterocycles. The first-order chi connectivity index (χ1) is 12.9. The fourth-order valence-corrected chi connectivity index (χ4v) is 3.58. The number of phenolic OH excluding ortho intramolecular Hbond substituents is 1. The maximum Gasteiger partial charge on any atom is 0.255 e. The molecule has 0 radical (unpaired) electrons. The summed E-state index contributed by atoms with van der Waals surface area (Å²) in [6.45, 7) is 7.47. The molecular weight excluding hydrogens is 342 g/mol. The van der Waals surface area contributed by atoms with Crippen LogP contribution >= 0.6 is 0 Å². The molecule has 3 aromatic rings. The van der Waals surface area contributed by atoms with Crippen LogP contribution in [0.15, 0.2) is 30.3 Å². The van der Waals surface area contributed by atoms with Gasteiger partial charge in [-0.05, 0) is 51.1 Å². The highest BCUT2D eigenvalue weighted by Gasteiger charge is 2.29. The van der Waals surface area contributed by atoms with E-state index in [9.17, 15) is 9.90 Å². The number of nitrogens with one attached hydrogen (secondary N) is 2. The van der Waals surface area contributed by atoms with Crippen molar-refractivity contribution in [3.05, 3.63) is 41.6 Å². The molecule has 7 nitrogen and oxygen atoms in total. The number of carbonyl (C=O) groups is 1. The summed E-state index contributed by atoms with van der Waals surface area (Å²) < 4.78 is 0. The zero-order valence-electron chi connectivity index (χ0n) is 15.7. The number of aromatic hydroxyl groups is 1. The van der Waals surface area contributed by atoms with Crippen molar-refractivity contribution < 1.29 is 9.90 Å². The quantitative estimate of drug-likeness (QED) is 0.649. The molecule has 2 aromatic heterocycles. The minimum atomic E-state index is -0.00669. The standard InChI is InChI=1S/C20H23N5O2/c1-11-10-25(12(2)9-21-11)20(27)16-8-17(14-4-6-15(26)7-5-14)22-19-18(16)13(3)23-24-19/h4-8,11-12,21,26H,9-10H2,1-3H3,(H,22,23,24)/t11-,12+/m1/s1. The minimum Gasteiger partial charge on any atom is -0.508 e. The number of hydrogen-bond acceptors (Lipinski definition) is 5. The van der Waals surface area contributed by atoms with Crippen molar-refractivity contribution >= 4 is 16.9 Å². The Hall–Kier alpha value is -2.93. The number of hydrogen-bond donors (Lipinski definition) is 3. The molecule has 0 aliphatic carbocycles. The van der Waals surface area contributed by atoms with Gasteiger partial charge in [0, 0.05) is 36.4 Å². The smallest absolute Gasteiger partial charge is 0.255 e. The van der Waals surface area contributed by atoms with Crippen LogP contribution < -0.4 is 5.32 Å². The highest BCUT2D eigenvalue weighted by atomic mass is 16.3. The maximum atomic E-state index is 13.4. The first-order valence-electron chi connectivity index (χ1n) is 9.13. The number of benzene rings is 1. The van der Waals surface area contributed by atoms with E-state index in [1.165, 1.54) is 0 Å². The van der Waals surface area contributed by atoms with Crippen LogP contribution in [0.25, 0.3) is 22.3 Å². The van der Waals surface area contributed by atoms with Gasteiger partial charge in [0.1, 0.15) is 5.75 Å². The van der Waals surface area contributed by atoms with Gasteiger partial charge in [-0.2, -0.15) is 5.10 Å². The number of nitrogens with zero attached hydrogens (tertiary/aromatic N) is 3. The Balaban J connectivity index is 1.84. The van der Waals surface area contributed by atoms with Crippen LogP contribution in [0.3, 0.4) is 0 Å². The van der Waals surface area contributed by atoms with Gasteiger partial charge in [-0.3, -0.25) is 9.89 Å². The van der Waals surface area contributed by atoms with Gasteiger partial charge in [0.15, 0.2) is 5.65 Å². The molecule has 1 fully saturated rings. The van der Waals surface area contributed by atoms with Crippen LogP contribution in [-0.2, 0) is 0 Å². The Bertz CT molecular complexity index is 996. The molecular formula is C20H23N5O2. The van der Waals surface area contributed by atoms with Crippen molar-refractivity contribution in [2.45, 2.75) is 32.9 Å². The van der Waals surface area contributed by atoms with Gasteiger partial charge in [-0.1, -0.05) is 0 Å². The molecule has 7 heteroatoms. The minimum absolute atomic E-state index is 0.00669. The number of aromatic nitrogens is 3. The van der Waals surface area contributed by atoms with E-state index in [-0.39, 0.29) is 23.7 Å². The largest absolute Gasteiger partial charge is 0.508 e. The Morgan fingerprint density at radius 2 is 2.00 bits per heavy atom. The molecule has 0 spiro atoms. The summed E-state index contributed by atoms with van der Waals surface area (Å²) in [5.74, 6) is 0.183. The van der Waals surface area contributed by atoms with E-state index in [1.54, 1.807) is 24.3 Å². The number of amides is 1. The number of fused-ring (bicyclic) bond motifs is 1.